The van der Waals surface area contributed by atoms with Crippen molar-refractivity contribution in [3.63, 3.8) is 0 Å². The van der Waals surface area contributed by atoms with Gasteiger partial charge in [0.05, 0.1) is 4.90 Å². The molecule has 1 aromatic carbocycles. The zero-order valence-electron chi connectivity index (χ0n) is 9.91. The zero-order chi connectivity index (χ0) is 13.7. The van der Waals surface area contributed by atoms with Crippen molar-refractivity contribution in [2.24, 2.45) is 0 Å². The smallest absolute Gasteiger partial charge is 0.240 e. The van der Waals surface area contributed by atoms with Gasteiger partial charge in [0.15, 0.2) is 5.82 Å². The number of alkyl halides is 1. The van der Waals surface area contributed by atoms with Crippen LogP contribution in [0.4, 0.5) is 0 Å². The molecule has 0 atom stereocenters. The van der Waals surface area contributed by atoms with E-state index < -0.39 is 10.0 Å². The van der Waals surface area contributed by atoms with Crippen LogP contribution in [0.5, 0.6) is 0 Å². The van der Waals surface area contributed by atoms with Crippen LogP contribution < -0.4 is 4.72 Å². The predicted molar refractivity (Wildman–Crippen MR) is 72.3 cm³/mol. The van der Waals surface area contributed by atoms with Gasteiger partial charge in [-0.05, 0) is 17.7 Å². The van der Waals surface area contributed by atoms with Crippen LogP contribution >= 0.6 is 15.9 Å². The molecule has 0 saturated carbocycles. The first-order valence-electron chi connectivity index (χ1n) is 5.51. The van der Waals surface area contributed by atoms with Crippen molar-refractivity contribution in [2.45, 2.75) is 16.6 Å². The van der Waals surface area contributed by atoms with Gasteiger partial charge >= 0.3 is 0 Å². The molecule has 0 spiro atoms. The predicted octanol–water partition coefficient (Wildman–Crippen LogP) is 1.49. The first-order chi connectivity index (χ1) is 9.12. The van der Waals surface area contributed by atoms with E-state index >= 15 is 0 Å². The fourth-order valence-electron chi connectivity index (χ4n) is 1.44. The molecule has 1 heterocycles. The first-order valence-corrected chi connectivity index (χ1v) is 8.12. The maximum atomic E-state index is 12.0. The number of aromatic nitrogens is 2. The van der Waals surface area contributed by atoms with Crippen molar-refractivity contribution in [3.05, 3.63) is 42.0 Å². The summed E-state index contributed by atoms with van der Waals surface area (Å²) in [7, 11) is -3.49. The summed E-state index contributed by atoms with van der Waals surface area (Å²) >= 11 is 3.31. The summed E-state index contributed by atoms with van der Waals surface area (Å²) in [6.07, 6.45) is 1.60. The van der Waals surface area contributed by atoms with Crippen LogP contribution in [0.25, 0.3) is 0 Å². The van der Waals surface area contributed by atoms with Crippen LogP contribution in [0.1, 0.15) is 11.4 Å². The second-order valence-electron chi connectivity index (χ2n) is 3.77. The van der Waals surface area contributed by atoms with E-state index in [1.165, 1.54) is 6.39 Å². The lowest BCUT2D eigenvalue weighted by atomic mass is 10.2. The van der Waals surface area contributed by atoms with Crippen molar-refractivity contribution in [2.75, 3.05) is 6.54 Å². The van der Waals surface area contributed by atoms with Gasteiger partial charge in [0.25, 0.3) is 0 Å². The van der Waals surface area contributed by atoms with Gasteiger partial charge in [0.2, 0.25) is 16.4 Å². The molecular formula is C11H12BrN3O3S. The van der Waals surface area contributed by atoms with E-state index in [0.717, 1.165) is 5.56 Å². The fourth-order valence-corrected chi connectivity index (χ4v) is 2.85. The van der Waals surface area contributed by atoms with Crippen molar-refractivity contribution in [1.82, 2.24) is 14.9 Å². The molecule has 0 fully saturated rings. The second-order valence-corrected chi connectivity index (χ2v) is 6.10. The number of nitrogens with zero attached hydrogens (tertiary/aromatic N) is 2. The van der Waals surface area contributed by atoms with E-state index in [-0.39, 0.29) is 11.4 Å². The highest BCUT2D eigenvalue weighted by Crippen LogP contribution is 2.12. The molecule has 0 aliphatic rings. The van der Waals surface area contributed by atoms with Gasteiger partial charge in [-0.15, -0.1) is 0 Å². The Morgan fingerprint density at radius 2 is 2.00 bits per heavy atom. The molecule has 0 radical (unpaired) electrons. The van der Waals surface area contributed by atoms with Crippen LogP contribution in [0, 0.1) is 0 Å². The Kier molecular flexibility index (Phi) is 4.67. The number of sulfonamides is 1. The monoisotopic (exact) mass is 345 g/mol. The Morgan fingerprint density at radius 3 is 2.58 bits per heavy atom. The van der Waals surface area contributed by atoms with Crippen molar-refractivity contribution in [1.29, 1.82) is 0 Å². The summed E-state index contributed by atoms with van der Waals surface area (Å²) in [5.41, 5.74) is 1.02. The van der Waals surface area contributed by atoms with E-state index in [2.05, 4.69) is 35.3 Å². The minimum Gasteiger partial charge on any atom is -0.343 e. The molecule has 0 aliphatic carbocycles. The molecule has 6 nitrogen and oxygen atoms in total. The van der Waals surface area contributed by atoms with Crippen molar-refractivity contribution < 1.29 is 12.9 Å². The third-order valence-electron chi connectivity index (χ3n) is 2.44. The van der Waals surface area contributed by atoms with Crippen molar-refractivity contribution in [3.8, 4) is 0 Å². The van der Waals surface area contributed by atoms with Gasteiger partial charge in [-0.25, -0.2) is 13.1 Å². The summed E-state index contributed by atoms with van der Waals surface area (Å²) in [6.45, 7) is 0.224. The molecule has 0 saturated heterocycles. The largest absolute Gasteiger partial charge is 0.343 e. The van der Waals surface area contributed by atoms with Gasteiger partial charge < -0.3 is 4.52 Å². The minimum absolute atomic E-state index is 0.224. The Bertz CT molecular complexity index is 611. The standard InChI is InChI=1S/C11H12BrN3O3S/c12-7-9-1-3-10(4-2-9)19(16,17)14-6-5-11-13-8-18-15-11/h1-4,8,14H,5-7H2. The quantitative estimate of drug-likeness (QED) is 0.801. The van der Waals surface area contributed by atoms with Gasteiger partial charge in [-0.3, -0.25) is 0 Å². The molecule has 102 valence electrons. The number of halogens is 1. The molecule has 0 unspecified atom stereocenters. The van der Waals surface area contributed by atoms with Gasteiger partial charge in [0, 0.05) is 18.3 Å². The van der Waals surface area contributed by atoms with Gasteiger partial charge in [-0.1, -0.05) is 33.2 Å². The lowest BCUT2D eigenvalue weighted by Gasteiger charge is -2.06. The summed E-state index contributed by atoms with van der Waals surface area (Å²) in [4.78, 5) is 4.05. The maximum absolute atomic E-state index is 12.0. The van der Waals surface area contributed by atoms with Gasteiger partial charge in [0.1, 0.15) is 0 Å². The Balaban J connectivity index is 1.97. The van der Waals surface area contributed by atoms with Crippen LogP contribution in [0.15, 0.2) is 40.1 Å². The number of hydrogen-bond donors (Lipinski definition) is 1. The van der Waals surface area contributed by atoms with E-state index in [4.69, 9.17) is 0 Å². The molecule has 0 bridgehead atoms. The van der Waals surface area contributed by atoms with E-state index in [0.29, 0.717) is 17.6 Å². The van der Waals surface area contributed by atoms with Crippen LogP contribution in [-0.4, -0.2) is 25.1 Å². The fraction of sp³-hybridized carbons (Fsp3) is 0.273. The average Bonchev–Trinajstić information content (AvgIpc) is 2.92. The summed E-state index contributed by atoms with van der Waals surface area (Å²) in [6, 6.07) is 6.69. The summed E-state index contributed by atoms with van der Waals surface area (Å²) in [5.74, 6) is 0.470. The second kappa shape index (κ2) is 6.27. The van der Waals surface area contributed by atoms with Crippen LogP contribution in [0.2, 0.25) is 0 Å². The van der Waals surface area contributed by atoms with E-state index in [9.17, 15) is 8.42 Å². The number of rotatable bonds is 6. The van der Waals surface area contributed by atoms with E-state index in [1.54, 1.807) is 24.3 Å². The zero-order valence-corrected chi connectivity index (χ0v) is 12.3. The third kappa shape index (κ3) is 3.85. The lowest BCUT2D eigenvalue weighted by Crippen LogP contribution is -2.26. The number of hydrogen-bond acceptors (Lipinski definition) is 5. The Hall–Kier alpha value is -1.25. The topological polar surface area (TPSA) is 85.1 Å². The number of nitrogens with one attached hydrogen (secondary N) is 1. The lowest BCUT2D eigenvalue weighted by molar-refractivity contribution is 0.410. The summed E-state index contributed by atoms with van der Waals surface area (Å²) in [5, 5.41) is 4.30. The molecule has 0 aliphatic heterocycles. The highest BCUT2D eigenvalue weighted by atomic mass is 79.9. The molecule has 19 heavy (non-hydrogen) atoms. The molecular weight excluding hydrogens is 334 g/mol. The SMILES string of the molecule is O=S(=O)(NCCc1ncon1)c1ccc(CBr)cc1. The van der Waals surface area contributed by atoms with Crippen LogP contribution in [-0.2, 0) is 21.8 Å². The molecule has 1 N–H and O–H groups in total. The third-order valence-corrected chi connectivity index (χ3v) is 4.56. The minimum atomic E-state index is -3.49. The molecule has 1 aromatic heterocycles. The highest BCUT2D eigenvalue weighted by molar-refractivity contribution is 9.08. The highest BCUT2D eigenvalue weighted by Gasteiger charge is 2.13. The maximum Gasteiger partial charge on any atom is 0.240 e. The Morgan fingerprint density at radius 1 is 1.26 bits per heavy atom. The normalized spacial score (nSPS) is 11.6. The molecule has 2 aromatic rings. The number of benzene rings is 1. The first kappa shape index (κ1) is 14.2. The summed E-state index contributed by atoms with van der Waals surface area (Å²) < 4.78 is 31.0. The Labute approximate surface area is 119 Å². The van der Waals surface area contributed by atoms with E-state index in [1.807, 2.05) is 0 Å². The molecule has 0 amide bonds. The molecule has 2 rings (SSSR count). The van der Waals surface area contributed by atoms with Crippen LogP contribution in [0.3, 0.4) is 0 Å². The molecule has 8 heteroatoms. The van der Waals surface area contributed by atoms with Gasteiger partial charge in [-0.2, -0.15) is 4.98 Å². The van der Waals surface area contributed by atoms with Crippen molar-refractivity contribution >= 4 is 26.0 Å². The average molecular weight is 346 g/mol.